The maximum absolute atomic E-state index is 12.9. The first-order chi connectivity index (χ1) is 12.7. The molecular formula is C19H22N6O. The van der Waals surface area contributed by atoms with Gasteiger partial charge in [-0.15, -0.1) is 5.10 Å². The molecule has 1 aromatic carbocycles. The van der Waals surface area contributed by atoms with Crippen molar-refractivity contribution in [2.24, 2.45) is 0 Å². The molecule has 0 amide bonds. The fourth-order valence-corrected chi connectivity index (χ4v) is 3.24. The quantitative estimate of drug-likeness (QED) is 0.580. The van der Waals surface area contributed by atoms with E-state index in [0.29, 0.717) is 35.7 Å². The van der Waals surface area contributed by atoms with E-state index in [1.807, 2.05) is 37.3 Å². The lowest BCUT2D eigenvalue weighted by Crippen LogP contribution is -2.23. The third kappa shape index (κ3) is 2.79. The van der Waals surface area contributed by atoms with Crippen LogP contribution in [0.2, 0.25) is 0 Å². The fraction of sp³-hybridized carbons (Fsp3) is 0.368. The topological polar surface area (TPSA) is 80.9 Å². The summed E-state index contributed by atoms with van der Waals surface area (Å²) in [5.41, 5.74) is 2.12. The van der Waals surface area contributed by atoms with E-state index < -0.39 is 0 Å². The number of hydrogen-bond acceptors (Lipinski definition) is 4. The van der Waals surface area contributed by atoms with Crippen molar-refractivity contribution in [2.45, 2.75) is 46.1 Å². The third-order valence-corrected chi connectivity index (χ3v) is 4.41. The summed E-state index contributed by atoms with van der Waals surface area (Å²) in [7, 11) is 0. The van der Waals surface area contributed by atoms with E-state index in [0.717, 1.165) is 30.7 Å². The molecule has 0 aliphatic heterocycles. The van der Waals surface area contributed by atoms with Crippen molar-refractivity contribution >= 4 is 16.9 Å². The Labute approximate surface area is 150 Å². The van der Waals surface area contributed by atoms with Gasteiger partial charge in [-0.05, 0) is 18.4 Å². The smallest absolute Gasteiger partial charge is 0.281 e. The van der Waals surface area contributed by atoms with Crippen LogP contribution in [-0.4, -0.2) is 29.1 Å². The number of hydrogen-bond donors (Lipinski definition) is 1. The standard InChI is InChI=1S/C19H22N6O/c1-3-8-14-20-16-17(21-14)25-19(24(11-4-2)18(16)26)22-15(23-25)12-13-9-6-5-7-10-13/h5-7,9-10H,3-4,8,11-12H2,1-2H3,(H,20,21). The lowest BCUT2D eigenvalue weighted by molar-refractivity contribution is 0.659. The Morgan fingerprint density at radius 1 is 1.08 bits per heavy atom. The monoisotopic (exact) mass is 350 g/mol. The van der Waals surface area contributed by atoms with Crippen molar-refractivity contribution in [3.05, 3.63) is 57.9 Å². The van der Waals surface area contributed by atoms with E-state index in [1.54, 1.807) is 9.08 Å². The van der Waals surface area contributed by atoms with Crippen LogP contribution >= 0.6 is 0 Å². The summed E-state index contributed by atoms with van der Waals surface area (Å²) in [5.74, 6) is 2.06. The van der Waals surface area contributed by atoms with Crippen molar-refractivity contribution in [1.82, 2.24) is 29.1 Å². The van der Waals surface area contributed by atoms with Gasteiger partial charge in [0.1, 0.15) is 5.82 Å². The third-order valence-electron chi connectivity index (χ3n) is 4.41. The molecule has 0 saturated heterocycles. The van der Waals surface area contributed by atoms with Crippen molar-refractivity contribution < 1.29 is 0 Å². The lowest BCUT2D eigenvalue weighted by atomic mass is 10.1. The van der Waals surface area contributed by atoms with Crippen LogP contribution in [0.4, 0.5) is 0 Å². The average Bonchev–Trinajstić information content (AvgIpc) is 3.24. The Balaban J connectivity index is 1.92. The second-order valence-electron chi connectivity index (χ2n) is 6.49. The van der Waals surface area contributed by atoms with Crippen molar-refractivity contribution in [1.29, 1.82) is 0 Å². The van der Waals surface area contributed by atoms with E-state index in [1.165, 1.54) is 0 Å². The molecule has 0 aliphatic rings. The molecule has 7 nitrogen and oxygen atoms in total. The number of rotatable bonds is 6. The molecule has 0 spiro atoms. The Morgan fingerprint density at radius 2 is 1.88 bits per heavy atom. The molecule has 0 fully saturated rings. The van der Waals surface area contributed by atoms with Crippen LogP contribution in [0.3, 0.4) is 0 Å². The molecular weight excluding hydrogens is 328 g/mol. The zero-order valence-corrected chi connectivity index (χ0v) is 15.1. The van der Waals surface area contributed by atoms with Gasteiger partial charge in [0, 0.05) is 19.4 Å². The molecule has 4 rings (SSSR count). The Morgan fingerprint density at radius 3 is 2.62 bits per heavy atom. The summed E-state index contributed by atoms with van der Waals surface area (Å²) in [6.07, 6.45) is 3.23. The number of H-pyrrole nitrogens is 1. The summed E-state index contributed by atoms with van der Waals surface area (Å²) >= 11 is 0. The van der Waals surface area contributed by atoms with Crippen LogP contribution < -0.4 is 5.56 Å². The lowest BCUT2D eigenvalue weighted by Gasteiger charge is -2.04. The molecule has 7 heteroatoms. The number of benzene rings is 1. The first kappa shape index (κ1) is 16.5. The molecule has 0 unspecified atom stereocenters. The zero-order valence-electron chi connectivity index (χ0n) is 15.1. The van der Waals surface area contributed by atoms with Crippen molar-refractivity contribution in [3.63, 3.8) is 0 Å². The van der Waals surface area contributed by atoms with E-state index in [4.69, 9.17) is 0 Å². The number of imidazole rings is 1. The predicted molar refractivity (Wildman–Crippen MR) is 100 cm³/mol. The summed E-state index contributed by atoms with van der Waals surface area (Å²) in [6, 6.07) is 10.1. The summed E-state index contributed by atoms with van der Waals surface area (Å²) in [5, 5.41) is 4.66. The van der Waals surface area contributed by atoms with Crippen LogP contribution in [0.15, 0.2) is 35.1 Å². The summed E-state index contributed by atoms with van der Waals surface area (Å²) < 4.78 is 3.40. The number of nitrogens with one attached hydrogen (secondary N) is 1. The molecule has 0 radical (unpaired) electrons. The Hall–Kier alpha value is -2.96. The fourth-order valence-electron chi connectivity index (χ4n) is 3.24. The maximum atomic E-state index is 12.9. The largest absolute Gasteiger partial charge is 0.336 e. The van der Waals surface area contributed by atoms with Crippen LogP contribution in [0.1, 0.15) is 43.9 Å². The van der Waals surface area contributed by atoms with Crippen molar-refractivity contribution in [3.8, 4) is 0 Å². The average molecular weight is 350 g/mol. The molecule has 0 bridgehead atoms. The summed E-state index contributed by atoms with van der Waals surface area (Å²) in [6.45, 7) is 4.74. The molecule has 0 aliphatic carbocycles. The number of aromatic amines is 1. The van der Waals surface area contributed by atoms with Gasteiger partial charge >= 0.3 is 0 Å². The van der Waals surface area contributed by atoms with Gasteiger partial charge in [-0.25, -0.2) is 4.98 Å². The second kappa shape index (κ2) is 6.74. The van der Waals surface area contributed by atoms with E-state index >= 15 is 0 Å². The van der Waals surface area contributed by atoms with Gasteiger partial charge in [0.15, 0.2) is 17.0 Å². The number of aromatic nitrogens is 6. The highest BCUT2D eigenvalue weighted by atomic mass is 16.1. The molecule has 0 atom stereocenters. The molecule has 26 heavy (non-hydrogen) atoms. The van der Waals surface area contributed by atoms with Crippen molar-refractivity contribution in [2.75, 3.05) is 0 Å². The Bertz CT molecular complexity index is 1110. The highest BCUT2D eigenvalue weighted by Gasteiger charge is 2.18. The highest BCUT2D eigenvalue weighted by Crippen LogP contribution is 2.14. The molecule has 3 aromatic heterocycles. The van der Waals surface area contributed by atoms with Gasteiger partial charge in [-0.1, -0.05) is 44.2 Å². The molecule has 4 aromatic rings. The summed E-state index contributed by atoms with van der Waals surface area (Å²) in [4.78, 5) is 25.4. The van der Waals surface area contributed by atoms with Crippen LogP contribution in [0.5, 0.6) is 0 Å². The first-order valence-electron chi connectivity index (χ1n) is 9.12. The molecule has 134 valence electrons. The minimum absolute atomic E-state index is 0.0807. The van der Waals surface area contributed by atoms with Gasteiger partial charge in [0.2, 0.25) is 5.78 Å². The minimum atomic E-state index is -0.0807. The van der Waals surface area contributed by atoms with E-state index in [-0.39, 0.29) is 5.56 Å². The van der Waals surface area contributed by atoms with Crippen LogP contribution in [0, 0.1) is 0 Å². The predicted octanol–water partition coefficient (Wildman–Crippen LogP) is 2.72. The molecule has 1 N–H and O–H groups in total. The van der Waals surface area contributed by atoms with Crippen LogP contribution in [0.25, 0.3) is 16.9 Å². The SMILES string of the molecule is CCCc1nc2c([nH]1)c(=O)n(CCC)c1nc(Cc3ccccc3)nn21. The second-order valence-corrected chi connectivity index (χ2v) is 6.49. The first-order valence-corrected chi connectivity index (χ1v) is 9.12. The molecule has 3 heterocycles. The number of nitrogens with zero attached hydrogens (tertiary/aromatic N) is 5. The number of fused-ring (bicyclic) bond motifs is 3. The van der Waals surface area contributed by atoms with Crippen LogP contribution in [-0.2, 0) is 19.4 Å². The van der Waals surface area contributed by atoms with E-state index in [2.05, 4.69) is 27.0 Å². The molecule has 0 saturated carbocycles. The minimum Gasteiger partial charge on any atom is -0.336 e. The van der Waals surface area contributed by atoms with Gasteiger partial charge in [0.05, 0.1) is 0 Å². The van der Waals surface area contributed by atoms with E-state index in [9.17, 15) is 4.79 Å². The Kier molecular flexibility index (Phi) is 4.28. The number of aryl methyl sites for hydroxylation is 2. The van der Waals surface area contributed by atoms with Gasteiger partial charge in [-0.2, -0.15) is 9.50 Å². The van der Waals surface area contributed by atoms with Gasteiger partial charge in [-0.3, -0.25) is 9.36 Å². The normalized spacial score (nSPS) is 11.6. The maximum Gasteiger partial charge on any atom is 0.281 e. The van der Waals surface area contributed by atoms with Gasteiger partial charge < -0.3 is 4.98 Å². The zero-order chi connectivity index (χ0) is 18.1. The van der Waals surface area contributed by atoms with Gasteiger partial charge in [0.25, 0.3) is 5.56 Å². The highest BCUT2D eigenvalue weighted by molar-refractivity contribution is 5.72.